The molecule has 10 heteroatoms. The van der Waals surface area contributed by atoms with Gasteiger partial charge in [0.25, 0.3) is 0 Å². The molecule has 0 atom stereocenters. The zero-order chi connectivity index (χ0) is 39.5. The molecular formula is C43H85N3O6S. The third kappa shape index (κ3) is 32.4. The van der Waals surface area contributed by atoms with Crippen LogP contribution in [0.2, 0.25) is 0 Å². The zero-order valence-electron chi connectivity index (χ0n) is 35.3. The van der Waals surface area contributed by atoms with Gasteiger partial charge in [0, 0.05) is 19.4 Å². The molecule has 53 heavy (non-hydrogen) atoms. The lowest BCUT2D eigenvalue weighted by molar-refractivity contribution is -0.124. The second kappa shape index (κ2) is 34.9. The average Bonchev–Trinajstić information content (AvgIpc) is 3.63. The van der Waals surface area contributed by atoms with E-state index in [9.17, 15) is 18.0 Å². The SMILES string of the molecule is CCCCCCCCCCCCCCCCCC(=O)NC(C)(C)N1CCN=C1C(=O)CCCCCCCCCCCCCCCCC.COS(=O)(=O)O. The minimum Gasteiger partial charge on any atom is -0.334 e. The molecule has 314 valence electrons. The Bertz CT molecular complexity index is 1020. The lowest BCUT2D eigenvalue weighted by Crippen LogP contribution is -2.59. The predicted molar refractivity (Wildman–Crippen MR) is 224 cm³/mol. The quantitative estimate of drug-likeness (QED) is 0.0480. The highest BCUT2D eigenvalue weighted by atomic mass is 32.3. The molecule has 9 nitrogen and oxygen atoms in total. The van der Waals surface area contributed by atoms with Gasteiger partial charge in [0.2, 0.25) is 5.91 Å². The number of hydrogen-bond acceptors (Lipinski definition) is 7. The lowest BCUT2D eigenvalue weighted by Gasteiger charge is -2.38. The van der Waals surface area contributed by atoms with Gasteiger partial charge in [0.15, 0.2) is 11.6 Å². The molecule has 0 aliphatic carbocycles. The molecule has 2 N–H and O–H groups in total. The normalized spacial score (nSPS) is 13.2. The van der Waals surface area contributed by atoms with Gasteiger partial charge in [-0.15, -0.1) is 0 Å². The van der Waals surface area contributed by atoms with Crippen molar-refractivity contribution in [2.75, 3.05) is 20.2 Å². The number of Topliss-reactive ketones (excluding diaryl/α,β-unsaturated/α-hetero) is 1. The van der Waals surface area contributed by atoms with Gasteiger partial charge >= 0.3 is 10.4 Å². The fourth-order valence-corrected chi connectivity index (χ4v) is 7.13. The highest BCUT2D eigenvalue weighted by Gasteiger charge is 2.35. The summed E-state index contributed by atoms with van der Waals surface area (Å²) < 4.78 is 29.7. The molecule has 0 radical (unpaired) electrons. The number of hydrogen-bond donors (Lipinski definition) is 2. The molecule has 1 heterocycles. The Morgan fingerprint density at radius 1 is 0.623 bits per heavy atom. The van der Waals surface area contributed by atoms with Crippen LogP contribution in [-0.4, -0.2) is 61.3 Å². The number of rotatable bonds is 36. The number of ketones is 1. The molecule has 0 aromatic carbocycles. The van der Waals surface area contributed by atoms with Gasteiger partial charge in [-0.3, -0.25) is 23.3 Å². The number of amides is 1. The van der Waals surface area contributed by atoms with E-state index in [4.69, 9.17) is 4.55 Å². The van der Waals surface area contributed by atoms with Crippen molar-refractivity contribution in [3.05, 3.63) is 0 Å². The number of unbranched alkanes of at least 4 members (excludes halogenated alkanes) is 28. The van der Waals surface area contributed by atoms with Crippen molar-refractivity contribution in [3.8, 4) is 0 Å². The van der Waals surface area contributed by atoms with Gasteiger partial charge in [0.1, 0.15) is 5.66 Å². The molecule has 1 amide bonds. The van der Waals surface area contributed by atoms with Crippen LogP contribution < -0.4 is 5.32 Å². The van der Waals surface area contributed by atoms with Crippen molar-refractivity contribution in [2.45, 2.75) is 239 Å². The summed E-state index contributed by atoms with van der Waals surface area (Å²) in [6.07, 6.45) is 40.9. The molecule has 0 aromatic rings. The Kier molecular flexibility index (Phi) is 33.9. The minimum absolute atomic E-state index is 0.0887. The van der Waals surface area contributed by atoms with E-state index >= 15 is 0 Å². The molecule has 0 aromatic heterocycles. The minimum atomic E-state index is -4.16. The Morgan fingerprint density at radius 3 is 1.25 bits per heavy atom. The summed E-state index contributed by atoms with van der Waals surface area (Å²) in [4.78, 5) is 32.5. The summed E-state index contributed by atoms with van der Waals surface area (Å²) >= 11 is 0. The summed E-state index contributed by atoms with van der Waals surface area (Å²) in [5.74, 6) is 0.806. The fourth-order valence-electron chi connectivity index (χ4n) is 7.13. The Balaban J connectivity index is 0.00000413. The highest BCUT2D eigenvalue weighted by Crippen LogP contribution is 2.20. The van der Waals surface area contributed by atoms with Crippen LogP contribution in [0.4, 0.5) is 0 Å². The van der Waals surface area contributed by atoms with Gasteiger partial charge < -0.3 is 10.2 Å². The van der Waals surface area contributed by atoms with Gasteiger partial charge in [-0.2, -0.15) is 8.42 Å². The van der Waals surface area contributed by atoms with Crippen molar-refractivity contribution in [2.24, 2.45) is 4.99 Å². The number of nitrogens with one attached hydrogen (secondary N) is 1. The maximum absolute atomic E-state index is 13.1. The van der Waals surface area contributed by atoms with Crippen molar-refractivity contribution in [1.82, 2.24) is 10.2 Å². The Hall–Kier alpha value is -1.52. The lowest BCUT2D eigenvalue weighted by atomic mass is 10.0. The zero-order valence-corrected chi connectivity index (χ0v) is 36.1. The molecule has 0 spiro atoms. The molecule has 0 saturated heterocycles. The van der Waals surface area contributed by atoms with Crippen molar-refractivity contribution >= 4 is 27.9 Å². The van der Waals surface area contributed by atoms with Crippen LogP contribution in [0.15, 0.2) is 4.99 Å². The average molecular weight is 772 g/mol. The van der Waals surface area contributed by atoms with Gasteiger partial charge in [-0.05, 0) is 26.7 Å². The van der Waals surface area contributed by atoms with E-state index in [1.807, 2.05) is 18.7 Å². The summed E-state index contributed by atoms with van der Waals surface area (Å²) in [5.41, 5.74) is -0.591. The fraction of sp³-hybridized carbons (Fsp3) is 0.930. The van der Waals surface area contributed by atoms with E-state index in [0.29, 0.717) is 31.8 Å². The predicted octanol–water partition coefficient (Wildman–Crippen LogP) is 12.1. The third-order valence-corrected chi connectivity index (χ3v) is 10.9. The molecule has 0 fully saturated rings. The van der Waals surface area contributed by atoms with Crippen LogP contribution in [0.3, 0.4) is 0 Å². The first kappa shape index (κ1) is 51.5. The second-order valence-corrected chi connectivity index (χ2v) is 17.1. The smallest absolute Gasteiger partial charge is 0.334 e. The maximum Gasteiger partial charge on any atom is 0.397 e. The monoisotopic (exact) mass is 772 g/mol. The van der Waals surface area contributed by atoms with Crippen molar-refractivity contribution in [3.63, 3.8) is 0 Å². The first-order chi connectivity index (χ1) is 25.5. The first-order valence-electron chi connectivity index (χ1n) is 22.2. The Labute approximate surface area is 328 Å². The van der Waals surface area contributed by atoms with E-state index in [-0.39, 0.29) is 11.7 Å². The number of carbonyl (C=O) groups is 2. The van der Waals surface area contributed by atoms with Crippen LogP contribution in [0.5, 0.6) is 0 Å². The number of carbonyl (C=O) groups excluding carboxylic acids is 2. The topological polar surface area (TPSA) is 125 Å². The summed E-state index contributed by atoms with van der Waals surface area (Å²) in [7, 11) is -3.29. The molecule has 0 unspecified atom stereocenters. The van der Waals surface area contributed by atoms with Crippen LogP contribution in [-0.2, 0) is 24.2 Å². The van der Waals surface area contributed by atoms with Crippen LogP contribution >= 0.6 is 0 Å². The Morgan fingerprint density at radius 2 is 0.925 bits per heavy atom. The van der Waals surface area contributed by atoms with Crippen LogP contribution in [0.25, 0.3) is 0 Å². The van der Waals surface area contributed by atoms with E-state index in [1.165, 1.54) is 167 Å². The summed E-state index contributed by atoms with van der Waals surface area (Å²) in [6, 6.07) is 0. The molecular weight excluding hydrogens is 687 g/mol. The summed E-state index contributed by atoms with van der Waals surface area (Å²) in [6.45, 7) is 9.93. The van der Waals surface area contributed by atoms with E-state index in [2.05, 4.69) is 28.3 Å². The van der Waals surface area contributed by atoms with E-state index in [1.54, 1.807) is 0 Å². The molecule has 1 rings (SSSR count). The van der Waals surface area contributed by atoms with Gasteiger partial charge in [0.05, 0.1) is 13.7 Å². The van der Waals surface area contributed by atoms with E-state index in [0.717, 1.165) is 32.8 Å². The van der Waals surface area contributed by atoms with Crippen LogP contribution in [0.1, 0.15) is 233 Å². The standard InChI is InChI=1S/C42H81N3O2.CH4O4S/c1-5-7-9-11-13-15-17-19-21-23-25-27-29-31-33-35-39(46)41-43-37-38-45(41)42(3,4)44-40(47)36-34-32-30-28-26-24-22-20-18-16-14-12-10-8-6-2;1-5-6(2,3)4/h5-38H2,1-4H3,(H,44,47);1H3,(H,2,3,4). The molecule has 0 saturated carbocycles. The number of aliphatic imine (C=N–C) groups is 1. The molecule has 1 aliphatic rings. The highest BCUT2D eigenvalue weighted by molar-refractivity contribution is 7.80. The van der Waals surface area contributed by atoms with Crippen molar-refractivity contribution < 1.29 is 26.7 Å². The number of nitrogens with zero attached hydrogens (tertiary/aromatic N) is 2. The third-order valence-electron chi connectivity index (χ3n) is 10.4. The first-order valence-corrected chi connectivity index (χ1v) is 23.5. The molecule has 1 aliphatic heterocycles. The van der Waals surface area contributed by atoms with E-state index < -0.39 is 16.1 Å². The van der Waals surface area contributed by atoms with Gasteiger partial charge in [-0.25, -0.2) is 0 Å². The van der Waals surface area contributed by atoms with Gasteiger partial charge in [-0.1, -0.05) is 194 Å². The summed E-state index contributed by atoms with van der Waals surface area (Å²) in [5, 5.41) is 3.21. The second-order valence-electron chi connectivity index (χ2n) is 15.9. The van der Waals surface area contributed by atoms with Crippen LogP contribution in [0, 0.1) is 0 Å². The van der Waals surface area contributed by atoms with Crippen molar-refractivity contribution in [1.29, 1.82) is 0 Å². The maximum atomic E-state index is 13.1. The molecule has 0 bridgehead atoms. The largest absolute Gasteiger partial charge is 0.397 e. The number of amidine groups is 1.